The predicted octanol–water partition coefficient (Wildman–Crippen LogP) is 2.04. The number of hydrogen-bond acceptors (Lipinski definition) is 8. The Morgan fingerprint density at radius 2 is 1.33 bits per heavy atom. The van der Waals surface area contributed by atoms with Crippen molar-refractivity contribution in [1.29, 1.82) is 0 Å². The molecule has 0 aliphatic rings. The van der Waals surface area contributed by atoms with E-state index in [1.807, 2.05) is 0 Å². The van der Waals surface area contributed by atoms with Crippen LogP contribution >= 0.6 is 0 Å². The van der Waals surface area contributed by atoms with Crippen LogP contribution in [-0.4, -0.2) is 75.4 Å². The highest BCUT2D eigenvalue weighted by Crippen LogP contribution is 2.15. The van der Waals surface area contributed by atoms with Gasteiger partial charge in [0.15, 0.2) is 0 Å². The maximum atomic E-state index is 12.0. The molecular weight excluding hydrogens is 434 g/mol. The molecule has 10 heteroatoms. The second-order valence-electron chi connectivity index (χ2n) is 7.82. The average Bonchev–Trinajstić information content (AvgIpc) is 2.82. The smallest absolute Gasteiger partial charge is 0.339 e. The fraction of sp³-hybridized carbons (Fsp3) is 0.609. The van der Waals surface area contributed by atoms with Crippen LogP contribution in [0.3, 0.4) is 0 Å². The molecule has 10 nitrogen and oxygen atoms in total. The molecule has 1 aromatic rings. The Labute approximate surface area is 194 Å². The summed E-state index contributed by atoms with van der Waals surface area (Å²) in [4.78, 5) is 34.2. The summed E-state index contributed by atoms with van der Waals surface area (Å²) in [6.07, 6.45) is 8.94. The molecule has 0 saturated heterocycles. The molecule has 0 unspecified atom stereocenters. The van der Waals surface area contributed by atoms with Gasteiger partial charge in [0.1, 0.15) is 0 Å². The van der Waals surface area contributed by atoms with Gasteiger partial charge in [0, 0.05) is 0 Å². The fourth-order valence-corrected chi connectivity index (χ4v) is 2.66. The number of rotatable bonds is 15. The second kappa shape index (κ2) is 17.0. The molecule has 0 amide bonds. The lowest BCUT2D eigenvalue weighted by molar-refractivity contribution is 0.0486. The molecule has 7 N–H and O–H groups in total. The monoisotopic (exact) mass is 471 g/mol. The molecule has 0 fully saturated rings. The molecule has 0 heterocycles. The largest absolute Gasteiger partial charge is 0.478 e. The van der Waals surface area contributed by atoms with Crippen molar-refractivity contribution in [3.63, 3.8) is 0 Å². The first-order valence-electron chi connectivity index (χ1n) is 11.0. The number of carbonyl (C=O) groups is 3. The van der Waals surface area contributed by atoms with Gasteiger partial charge in [0.2, 0.25) is 0 Å². The quantitative estimate of drug-likeness (QED) is 0.163. The van der Waals surface area contributed by atoms with Crippen molar-refractivity contribution < 1.29 is 44.7 Å². The number of nitrogens with two attached hydrogens (primary N) is 1. The Morgan fingerprint density at radius 3 is 1.76 bits per heavy atom. The molecule has 0 bridgehead atoms. The predicted molar refractivity (Wildman–Crippen MR) is 121 cm³/mol. The van der Waals surface area contributed by atoms with Gasteiger partial charge < -0.3 is 36.0 Å². The number of carbonyl (C=O) groups excluding carboxylic acids is 1. The molecule has 0 saturated carbocycles. The maximum absolute atomic E-state index is 12.0. The number of carboxylic acid groups (broad SMARTS) is 2. The number of benzene rings is 1. The number of aliphatic hydroxyl groups is 3. The Balaban J connectivity index is 0.00000109. The van der Waals surface area contributed by atoms with E-state index in [1.165, 1.54) is 44.2 Å². The summed E-state index contributed by atoms with van der Waals surface area (Å²) < 4.78 is 5.11. The molecule has 0 aliphatic heterocycles. The zero-order valence-corrected chi connectivity index (χ0v) is 19.2. The van der Waals surface area contributed by atoms with Gasteiger partial charge in [-0.25, -0.2) is 14.4 Å². The lowest BCUT2D eigenvalue weighted by Crippen LogP contribution is -2.50. The van der Waals surface area contributed by atoms with Crippen LogP contribution in [0.4, 0.5) is 0 Å². The highest BCUT2D eigenvalue weighted by atomic mass is 16.5. The van der Waals surface area contributed by atoms with Gasteiger partial charge >= 0.3 is 17.9 Å². The average molecular weight is 472 g/mol. The van der Waals surface area contributed by atoms with E-state index in [1.54, 1.807) is 0 Å². The molecule has 0 atom stereocenters. The van der Waals surface area contributed by atoms with Gasteiger partial charge in [-0.15, -0.1) is 0 Å². The highest BCUT2D eigenvalue weighted by Gasteiger charge is 2.21. The Hall–Kier alpha value is -2.53. The zero-order chi connectivity index (χ0) is 25.3. The van der Waals surface area contributed by atoms with E-state index in [4.69, 9.17) is 36.0 Å². The lowest BCUT2D eigenvalue weighted by atomic mass is 10.0. The Bertz CT molecular complexity index is 724. The number of esters is 1. The first-order chi connectivity index (χ1) is 15.7. The summed E-state index contributed by atoms with van der Waals surface area (Å²) in [5.41, 5.74) is 3.27. The van der Waals surface area contributed by atoms with Crippen molar-refractivity contribution in [3.8, 4) is 0 Å². The summed E-state index contributed by atoms with van der Waals surface area (Å²) in [7, 11) is 0. The molecule has 0 radical (unpaired) electrons. The number of ether oxygens (including phenoxy) is 1. The number of carboxylic acids is 2. The van der Waals surface area contributed by atoms with E-state index < -0.39 is 43.3 Å². The molecule has 0 aliphatic carbocycles. The maximum Gasteiger partial charge on any atom is 0.339 e. The summed E-state index contributed by atoms with van der Waals surface area (Å²) in [6.45, 7) is 1.20. The second-order valence-corrected chi connectivity index (χ2v) is 7.82. The molecule has 0 spiro atoms. The molecular formula is C23H37NO9. The van der Waals surface area contributed by atoms with Crippen LogP contribution in [0.5, 0.6) is 0 Å². The van der Waals surface area contributed by atoms with Crippen molar-refractivity contribution in [2.24, 2.45) is 5.73 Å². The third-order valence-corrected chi connectivity index (χ3v) is 4.89. The SMILES string of the molecule is CCCCCCCCCCOC(=O)c1ccc(C(=O)O)cc1C(=O)O.NC(CO)(CO)CO. The summed E-state index contributed by atoms with van der Waals surface area (Å²) in [6, 6.07) is 3.35. The van der Waals surface area contributed by atoms with Gasteiger partial charge in [-0.3, -0.25) is 0 Å². The molecule has 1 aromatic carbocycles. The molecule has 33 heavy (non-hydrogen) atoms. The minimum Gasteiger partial charge on any atom is -0.478 e. The van der Waals surface area contributed by atoms with Gasteiger partial charge in [-0.2, -0.15) is 0 Å². The lowest BCUT2D eigenvalue weighted by Gasteiger charge is -2.20. The normalized spacial score (nSPS) is 10.8. The van der Waals surface area contributed by atoms with Crippen LogP contribution < -0.4 is 5.73 Å². The fourth-order valence-electron chi connectivity index (χ4n) is 2.66. The molecule has 1 rings (SSSR count). The van der Waals surface area contributed by atoms with Crippen molar-refractivity contribution in [1.82, 2.24) is 0 Å². The Kier molecular flexibility index (Phi) is 15.7. The van der Waals surface area contributed by atoms with Crippen molar-refractivity contribution >= 4 is 17.9 Å². The number of hydrogen-bond donors (Lipinski definition) is 6. The van der Waals surface area contributed by atoms with Crippen LogP contribution in [0.1, 0.15) is 89.4 Å². The van der Waals surface area contributed by atoms with Crippen molar-refractivity contribution in [2.45, 2.75) is 63.8 Å². The first-order valence-corrected chi connectivity index (χ1v) is 11.0. The number of aliphatic hydroxyl groups excluding tert-OH is 3. The zero-order valence-electron chi connectivity index (χ0n) is 19.2. The van der Waals surface area contributed by atoms with Gasteiger partial charge in [-0.05, 0) is 24.6 Å². The topological polar surface area (TPSA) is 188 Å². The van der Waals surface area contributed by atoms with Crippen LogP contribution in [0.15, 0.2) is 18.2 Å². The first kappa shape index (κ1) is 30.5. The van der Waals surface area contributed by atoms with Crippen molar-refractivity contribution in [2.75, 3.05) is 26.4 Å². The van der Waals surface area contributed by atoms with Gasteiger partial charge in [-0.1, -0.05) is 51.9 Å². The van der Waals surface area contributed by atoms with E-state index in [2.05, 4.69) is 6.92 Å². The van der Waals surface area contributed by atoms with Crippen LogP contribution in [0.2, 0.25) is 0 Å². The van der Waals surface area contributed by atoms with Gasteiger partial charge in [0.05, 0.1) is 48.7 Å². The van der Waals surface area contributed by atoms with E-state index in [9.17, 15) is 14.4 Å². The van der Waals surface area contributed by atoms with Crippen molar-refractivity contribution in [3.05, 3.63) is 34.9 Å². The Morgan fingerprint density at radius 1 is 0.818 bits per heavy atom. The standard InChI is InChI=1S/C19H26O6.C4H11NO3/c1-2-3-4-5-6-7-8-9-12-25-19(24)15-11-10-14(17(20)21)13-16(15)18(22)23;5-4(1-6,2-7)3-8/h10-11,13H,2-9,12H2,1H3,(H,20,21)(H,22,23);6-8H,1-3,5H2. The van der Waals surface area contributed by atoms with Crippen LogP contribution in [0, 0.1) is 0 Å². The third-order valence-electron chi connectivity index (χ3n) is 4.89. The van der Waals surface area contributed by atoms with E-state index >= 15 is 0 Å². The summed E-state index contributed by atoms with van der Waals surface area (Å²) in [5.74, 6) is -3.35. The molecule has 0 aromatic heterocycles. The van der Waals surface area contributed by atoms with Gasteiger partial charge in [0.25, 0.3) is 0 Å². The van der Waals surface area contributed by atoms with E-state index in [0.717, 1.165) is 25.3 Å². The minimum absolute atomic E-state index is 0.128. The van der Waals surface area contributed by atoms with E-state index in [-0.39, 0.29) is 23.3 Å². The van der Waals surface area contributed by atoms with Crippen LogP contribution in [0.25, 0.3) is 0 Å². The summed E-state index contributed by atoms with van der Waals surface area (Å²) >= 11 is 0. The highest BCUT2D eigenvalue weighted by molar-refractivity contribution is 6.04. The van der Waals surface area contributed by atoms with Crippen LogP contribution in [-0.2, 0) is 4.74 Å². The number of unbranched alkanes of at least 4 members (excludes halogenated alkanes) is 7. The minimum atomic E-state index is -1.36. The summed E-state index contributed by atoms with van der Waals surface area (Å²) in [5, 5.41) is 43.1. The van der Waals surface area contributed by atoms with E-state index in [0.29, 0.717) is 0 Å². The third kappa shape index (κ3) is 12.3. The number of aromatic carboxylic acids is 2. The molecule has 188 valence electrons.